The van der Waals surface area contributed by atoms with Gasteiger partial charge in [0.05, 0.1) is 12.0 Å². The number of nitrogens with one attached hydrogen (secondary N) is 1. The number of benzene rings is 1. The predicted molar refractivity (Wildman–Crippen MR) is 144 cm³/mol. The van der Waals surface area contributed by atoms with Crippen LogP contribution in [-0.4, -0.2) is 71.1 Å². The van der Waals surface area contributed by atoms with Crippen LogP contribution in [0.5, 0.6) is 0 Å². The normalized spacial score (nSPS) is 30.1. The van der Waals surface area contributed by atoms with Crippen molar-refractivity contribution in [1.29, 1.82) is 0 Å². The lowest BCUT2D eigenvalue weighted by atomic mass is 9.66. The number of aliphatic hydroxyl groups is 1. The summed E-state index contributed by atoms with van der Waals surface area (Å²) < 4.78 is 30.8. The van der Waals surface area contributed by atoms with Crippen molar-refractivity contribution in [1.82, 2.24) is 5.32 Å². The number of epoxide rings is 1. The minimum atomic E-state index is -1.11. The second-order valence-electron chi connectivity index (χ2n) is 10.2. The Morgan fingerprint density at radius 1 is 1.32 bits per heavy atom. The Balaban J connectivity index is 0.00000507. The smallest absolute Gasteiger partial charge is 0.414 e. The number of alkyl carbamates (subject to hydrolysis) is 1. The molecule has 0 bridgehead atoms. The summed E-state index contributed by atoms with van der Waals surface area (Å²) in [5, 5.41) is 14.1. The predicted octanol–water partition coefficient (Wildman–Crippen LogP) is 0.717. The fourth-order valence-electron chi connectivity index (χ4n) is 5.30. The Hall–Kier alpha value is -1.17. The van der Waals surface area contributed by atoms with Crippen LogP contribution < -0.4 is 22.3 Å². The summed E-state index contributed by atoms with van der Waals surface area (Å²) in [6.45, 7) is 6.03. The fourth-order valence-corrected chi connectivity index (χ4v) is 6.68. The maximum absolute atomic E-state index is 13.2. The van der Waals surface area contributed by atoms with Gasteiger partial charge in [-0.25, -0.2) is 9.18 Å². The quantitative estimate of drug-likeness (QED) is 0.0927. The van der Waals surface area contributed by atoms with Crippen LogP contribution in [0.4, 0.5) is 9.18 Å². The molecule has 1 saturated heterocycles. The van der Waals surface area contributed by atoms with Gasteiger partial charge in [0.25, 0.3) is 0 Å². The molecule has 2 N–H and O–H groups in total. The molecule has 7 nitrogen and oxygen atoms in total. The number of rotatable bonds is 11. The molecule has 11 heteroatoms. The summed E-state index contributed by atoms with van der Waals surface area (Å²) in [7, 11) is 1.53. The van der Waals surface area contributed by atoms with Crippen LogP contribution in [-0.2, 0) is 37.2 Å². The van der Waals surface area contributed by atoms with E-state index in [-0.39, 0.29) is 34.8 Å². The number of halogens is 3. The standard InChI is InChI=1S/C27H37ClFNO6S.BrH/c1-17(2)5-10-21-26(3,36-21)24-23(34-4)20(35-25(32)30-22(31)15-28)11-13-27(24,33)16-37-14-12-18-6-8-19(29)9-7-18;/h5-9,20-21,23-24,33H,10-16H2,1-4H3,(H,30,31,32);1H. The monoisotopic (exact) mass is 637 g/mol. The lowest BCUT2D eigenvalue weighted by Crippen LogP contribution is -3.00. The highest BCUT2D eigenvalue weighted by molar-refractivity contribution is 7.78. The molecule has 1 aromatic carbocycles. The zero-order valence-corrected chi connectivity index (χ0v) is 25.5. The largest absolute Gasteiger partial charge is 1.00 e. The number of hydrogen-bond donors (Lipinski definition) is 2. The van der Waals surface area contributed by atoms with Gasteiger partial charge in [0, 0.05) is 13.5 Å². The average Bonchev–Trinajstić information content (AvgIpc) is 3.52. The van der Waals surface area contributed by atoms with Gasteiger partial charge >= 0.3 is 6.09 Å². The van der Waals surface area contributed by atoms with E-state index < -0.39 is 41.3 Å². The van der Waals surface area contributed by atoms with Gasteiger partial charge in [-0.1, -0.05) is 23.8 Å². The molecule has 214 valence electrons. The molecule has 3 rings (SSSR count). The molecule has 0 aromatic heterocycles. The molecule has 1 aromatic rings. The van der Waals surface area contributed by atoms with Gasteiger partial charge in [0.1, 0.15) is 46.6 Å². The Labute approximate surface area is 244 Å². The van der Waals surface area contributed by atoms with Crippen molar-refractivity contribution in [2.75, 3.05) is 24.5 Å². The molecule has 1 aliphatic heterocycles. The summed E-state index contributed by atoms with van der Waals surface area (Å²) in [4.78, 5) is 23.8. The summed E-state index contributed by atoms with van der Waals surface area (Å²) in [6.07, 6.45) is 2.06. The van der Waals surface area contributed by atoms with Crippen LogP contribution in [0.25, 0.3) is 0 Å². The molecule has 2 amide bonds. The maximum atomic E-state index is 13.2. The molecule has 1 aliphatic carbocycles. The third-order valence-corrected chi connectivity index (χ3v) is 8.78. The second-order valence-corrected chi connectivity index (χ2v) is 11.7. The Kier molecular flexibility index (Phi) is 12.6. The topological polar surface area (TPSA) is 97.4 Å². The fraction of sp³-hybridized carbons (Fsp3) is 0.630. The number of carbonyl (C=O) groups excluding carboxylic acids is 2. The van der Waals surface area contributed by atoms with E-state index in [4.69, 9.17) is 25.8 Å². The zero-order valence-electron chi connectivity index (χ0n) is 22.2. The first-order valence-electron chi connectivity index (χ1n) is 12.5. The van der Waals surface area contributed by atoms with Crippen LogP contribution in [0.1, 0.15) is 45.6 Å². The SMILES string of the molecule is COC1C(OC(=O)NC(=O)CCl)CCC(O)(C[SH+]CCc2ccc(F)cc2)C1C1(C)OC1CC=C(C)C.[Br-]. The van der Waals surface area contributed by atoms with Crippen molar-refractivity contribution in [3.8, 4) is 0 Å². The molecule has 6 atom stereocenters. The van der Waals surface area contributed by atoms with E-state index in [1.165, 1.54) is 24.8 Å². The first kappa shape index (κ1) is 33.0. The van der Waals surface area contributed by atoms with Gasteiger partial charge in [-0.15, -0.1) is 11.6 Å². The first-order valence-corrected chi connectivity index (χ1v) is 14.3. The van der Waals surface area contributed by atoms with Crippen molar-refractivity contribution < 1.29 is 50.3 Å². The Morgan fingerprint density at radius 3 is 2.61 bits per heavy atom. The van der Waals surface area contributed by atoms with E-state index in [2.05, 4.69) is 11.4 Å². The molecule has 0 spiro atoms. The van der Waals surface area contributed by atoms with Crippen molar-refractivity contribution in [2.24, 2.45) is 5.92 Å². The number of ether oxygens (including phenoxy) is 3. The van der Waals surface area contributed by atoms with Crippen LogP contribution in [0, 0.1) is 11.7 Å². The van der Waals surface area contributed by atoms with Gasteiger partial charge < -0.3 is 36.3 Å². The van der Waals surface area contributed by atoms with Gasteiger partial charge in [-0.3, -0.25) is 10.1 Å². The average molecular weight is 639 g/mol. The highest BCUT2D eigenvalue weighted by atomic mass is 79.9. The number of thiol groups is 1. The number of amides is 2. The third-order valence-electron chi connectivity index (χ3n) is 7.22. The highest BCUT2D eigenvalue weighted by Gasteiger charge is 2.68. The minimum absolute atomic E-state index is 0. The third kappa shape index (κ3) is 8.41. The Bertz CT molecular complexity index is 981. The Morgan fingerprint density at radius 2 is 2.00 bits per heavy atom. The van der Waals surface area contributed by atoms with Crippen LogP contribution in [0.2, 0.25) is 0 Å². The van der Waals surface area contributed by atoms with Crippen LogP contribution >= 0.6 is 11.6 Å². The van der Waals surface area contributed by atoms with E-state index in [9.17, 15) is 19.1 Å². The molecule has 38 heavy (non-hydrogen) atoms. The minimum Gasteiger partial charge on any atom is -1.00 e. The number of carbonyl (C=O) groups is 2. The highest BCUT2D eigenvalue weighted by Crippen LogP contribution is 2.54. The van der Waals surface area contributed by atoms with E-state index in [0.29, 0.717) is 25.0 Å². The molecule has 2 aliphatic rings. The van der Waals surface area contributed by atoms with E-state index in [0.717, 1.165) is 29.5 Å². The van der Waals surface area contributed by atoms with E-state index >= 15 is 0 Å². The second kappa shape index (κ2) is 14.5. The van der Waals surface area contributed by atoms with E-state index in [1.807, 2.05) is 20.8 Å². The maximum Gasteiger partial charge on any atom is 0.414 e. The number of allylic oxidation sites excluding steroid dienone is 1. The van der Waals surface area contributed by atoms with Gasteiger partial charge in [0.15, 0.2) is 0 Å². The first-order chi connectivity index (χ1) is 17.5. The number of hydrogen-bond acceptors (Lipinski definition) is 6. The number of imide groups is 1. The molecule has 0 radical (unpaired) electrons. The summed E-state index contributed by atoms with van der Waals surface area (Å²) >= 11 is 6.52. The molecular weight excluding hydrogens is 601 g/mol. The number of aryl methyl sites for hydroxylation is 1. The molecule has 1 heterocycles. The van der Waals surface area contributed by atoms with Crippen molar-refractivity contribution in [2.45, 2.75) is 76.0 Å². The molecular formula is C27H38BrClFNO6S. The van der Waals surface area contributed by atoms with Crippen molar-refractivity contribution in [3.63, 3.8) is 0 Å². The summed E-state index contributed by atoms with van der Waals surface area (Å²) in [6, 6.07) is 6.46. The molecule has 1 saturated carbocycles. The van der Waals surface area contributed by atoms with E-state index in [1.54, 1.807) is 12.1 Å². The lowest BCUT2D eigenvalue weighted by molar-refractivity contribution is -0.170. The number of methoxy groups -OCH3 is 1. The van der Waals surface area contributed by atoms with Crippen LogP contribution in [0.3, 0.4) is 0 Å². The summed E-state index contributed by atoms with van der Waals surface area (Å²) in [5.74, 6) is -0.427. The molecule has 2 fully saturated rings. The van der Waals surface area contributed by atoms with Crippen LogP contribution in [0.15, 0.2) is 35.9 Å². The molecule has 6 unspecified atom stereocenters. The van der Waals surface area contributed by atoms with Gasteiger partial charge in [-0.05, 0) is 69.5 Å². The summed E-state index contributed by atoms with van der Waals surface area (Å²) in [5.41, 5.74) is 0.447. The van der Waals surface area contributed by atoms with Gasteiger partial charge in [-0.2, -0.15) is 0 Å². The van der Waals surface area contributed by atoms with Crippen molar-refractivity contribution in [3.05, 3.63) is 47.3 Å². The van der Waals surface area contributed by atoms with Crippen molar-refractivity contribution >= 4 is 35.4 Å². The lowest BCUT2D eigenvalue weighted by Gasteiger charge is -2.47. The zero-order chi connectivity index (χ0) is 27.2. The number of alkyl halides is 1. The van der Waals surface area contributed by atoms with Gasteiger partial charge in [0.2, 0.25) is 5.91 Å².